The van der Waals surface area contributed by atoms with Crippen LogP contribution in [0.4, 0.5) is 0 Å². The first kappa shape index (κ1) is 11.7. The van der Waals surface area contributed by atoms with Crippen LogP contribution in [0.1, 0.15) is 35.7 Å². The van der Waals surface area contributed by atoms with Gasteiger partial charge in [0, 0.05) is 18.4 Å². The highest BCUT2D eigenvalue weighted by molar-refractivity contribution is 5.98. The topological polar surface area (TPSA) is 38.3 Å². The average Bonchev–Trinajstić information content (AvgIpc) is 2.99. The quantitative estimate of drug-likeness (QED) is 0.826. The summed E-state index contributed by atoms with van der Waals surface area (Å²) in [7, 11) is 1.62. The molecule has 3 rings (SSSR count). The van der Waals surface area contributed by atoms with Crippen LogP contribution in [0, 0.1) is 5.92 Å². The molecule has 1 aromatic carbocycles. The molecule has 0 bridgehead atoms. The molecule has 1 saturated carbocycles. The van der Waals surface area contributed by atoms with Gasteiger partial charge in [-0.3, -0.25) is 4.79 Å². The van der Waals surface area contributed by atoms with Crippen LogP contribution in [0.25, 0.3) is 0 Å². The number of rotatable bonds is 4. The van der Waals surface area contributed by atoms with Crippen molar-refractivity contribution in [3.05, 3.63) is 29.3 Å². The zero-order chi connectivity index (χ0) is 12.8. The van der Waals surface area contributed by atoms with Crippen LogP contribution < -0.4 is 10.1 Å². The number of benzene rings is 1. The van der Waals surface area contributed by atoms with Crippen LogP contribution >= 0.6 is 0 Å². The molecule has 96 valence electrons. The number of carbonyl (C=O) groups excluding carboxylic acids is 1. The van der Waals surface area contributed by atoms with E-state index in [1.165, 1.54) is 12.0 Å². The van der Waals surface area contributed by atoms with Crippen molar-refractivity contribution in [1.29, 1.82) is 0 Å². The molecule has 3 nitrogen and oxygen atoms in total. The highest BCUT2D eigenvalue weighted by Gasteiger charge is 2.58. The van der Waals surface area contributed by atoms with Crippen LogP contribution in [0.5, 0.6) is 5.75 Å². The number of piperidine rings is 1. The van der Waals surface area contributed by atoms with E-state index in [1.54, 1.807) is 7.11 Å². The lowest BCUT2D eigenvalue weighted by Gasteiger charge is -2.15. The van der Waals surface area contributed by atoms with Gasteiger partial charge in [-0.2, -0.15) is 0 Å². The van der Waals surface area contributed by atoms with E-state index in [1.807, 2.05) is 13.0 Å². The van der Waals surface area contributed by atoms with Gasteiger partial charge in [-0.25, -0.2) is 0 Å². The standard InChI is InChI=1S/C15H19NO2/c1-3-13(17)12-6-10(4-5-14(12)18-2)15-7-11(15)8-16-9-15/h4-6,11,16H,3,7-9H2,1-2H3/t11-,15-/m1/s1. The van der Waals surface area contributed by atoms with E-state index in [0.29, 0.717) is 17.6 Å². The summed E-state index contributed by atoms with van der Waals surface area (Å²) in [5.74, 6) is 1.62. The van der Waals surface area contributed by atoms with Crippen molar-refractivity contribution in [3.8, 4) is 5.75 Å². The highest BCUT2D eigenvalue weighted by Crippen LogP contribution is 2.56. The van der Waals surface area contributed by atoms with Gasteiger partial charge in [-0.05, 0) is 36.6 Å². The van der Waals surface area contributed by atoms with Crippen molar-refractivity contribution in [2.45, 2.75) is 25.2 Å². The van der Waals surface area contributed by atoms with Crippen molar-refractivity contribution < 1.29 is 9.53 Å². The van der Waals surface area contributed by atoms with Crippen molar-refractivity contribution in [2.75, 3.05) is 20.2 Å². The van der Waals surface area contributed by atoms with Gasteiger partial charge >= 0.3 is 0 Å². The normalized spacial score (nSPS) is 28.9. The predicted molar refractivity (Wildman–Crippen MR) is 70.3 cm³/mol. The maximum Gasteiger partial charge on any atom is 0.166 e. The Hall–Kier alpha value is -1.35. The van der Waals surface area contributed by atoms with Crippen molar-refractivity contribution >= 4 is 5.78 Å². The monoisotopic (exact) mass is 245 g/mol. The molecule has 0 radical (unpaired) electrons. The summed E-state index contributed by atoms with van der Waals surface area (Å²) in [6, 6.07) is 6.12. The molecular weight excluding hydrogens is 226 g/mol. The van der Waals surface area contributed by atoms with Crippen LogP contribution in [0.2, 0.25) is 0 Å². The summed E-state index contributed by atoms with van der Waals surface area (Å²) >= 11 is 0. The molecule has 1 heterocycles. The predicted octanol–water partition coefficient (Wildman–Crippen LogP) is 2.15. The Balaban J connectivity index is 2.00. The molecule has 0 amide bonds. The molecule has 1 aliphatic carbocycles. The summed E-state index contributed by atoms with van der Waals surface area (Å²) in [6.07, 6.45) is 1.78. The average molecular weight is 245 g/mol. The minimum absolute atomic E-state index is 0.160. The second-order valence-electron chi connectivity index (χ2n) is 5.38. The lowest BCUT2D eigenvalue weighted by Crippen LogP contribution is -2.19. The number of nitrogens with one attached hydrogen (secondary N) is 1. The summed E-state index contributed by atoms with van der Waals surface area (Å²) in [6.45, 7) is 4.05. The largest absolute Gasteiger partial charge is 0.496 e. The Kier molecular flexibility index (Phi) is 2.67. The van der Waals surface area contributed by atoms with Crippen molar-refractivity contribution in [3.63, 3.8) is 0 Å². The number of methoxy groups -OCH3 is 1. The minimum atomic E-state index is 0.160. The summed E-state index contributed by atoms with van der Waals surface area (Å²) < 4.78 is 5.30. The highest BCUT2D eigenvalue weighted by atomic mass is 16.5. The number of ether oxygens (including phenoxy) is 1. The van der Waals surface area contributed by atoms with E-state index in [9.17, 15) is 4.79 Å². The molecule has 0 aromatic heterocycles. The molecule has 2 atom stereocenters. The maximum atomic E-state index is 12.0. The number of carbonyl (C=O) groups is 1. The number of hydrogen-bond acceptors (Lipinski definition) is 3. The molecule has 2 fully saturated rings. The Morgan fingerprint density at radius 1 is 1.56 bits per heavy atom. The van der Waals surface area contributed by atoms with E-state index in [4.69, 9.17) is 4.74 Å². The summed E-state index contributed by atoms with van der Waals surface area (Å²) in [5.41, 5.74) is 2.34. The van der Waals surface area contributed by atoms with Crippen molar-refractivity contribution in [1.82, 2.24) is 5.32 Å². The lowest BCUT2D eigenvalue weighted by atomic mass is 9.92. The third-order valence-corrected chi connectivity index (χ3v) is 4.46. The van der Waals surface area contributed by atoms with Gasteiger partial charge in [0.05, 0.1) is 12.7 Å². The van der Waals surface area contributed by atoms with Crippen LogP contribution in [0.15, 0.2) is 18.2 Å². The summed E-state index contributed by atoms with van der Waals surface area (Å²) in [5, 5.41) is 3.44. The van der Waals surface area contributed by atoms with Crippen LogP contribution in [-0.2, 0) is 5.41 Å². The summed E-state index contributed by atoms with van der Waals surface area (Å²) in [4.78, 5) is 12.0. The first-order chi connectivity index (χ1) is 8.71. The van der Waals surface area contributed by atoms with Gasteiger partial charge in [0.1, 0.15) is 5.75 Å². The number of hydrogen-bond donors (Lipinski definition) is 1. The van der Waals surface area contributed by atoms with E-state index in [0.717, 1.165) is 24.6 Å². The van der Waals surface area contributed by atoms with Gasteiger partial charge in [0.15, 0.2) is 5.78 Å². The SMILES string of the molecule is CCC(=O)c1cc([C@@]23CNC[C@H]2C3)ccc1OC. The fourth-order valence-electron chi connectivity index (χ4n) is 3.22. The third-order valence-electron chi connectivity index (χ3n) is 4.46. The Morgan fingerprint density at radius 2 is 2.39 bits per heavy atom. The first-order valence-corrected chi connectivity index (χ1v) is 6.63. The third kappa shape index (κ3) is 1.57. The van der Waals surface area contributed by atoms with E-state index in [2.05, 4.69) is 17.4 Å². The second kappa shape index (κ2) is 4.09. The van der Waals surface area contributed by atoms with Crippen LogP contribution in [-0.4, -0.2) is 26.0 Å². The smallest absolute Gasteiger partial charge is 0.166 e. The molecule has 1 aliphatic heterocycles. The van der Waals surface area contributed by atoms with Crippen molar-refractivity contribution in [2.24, 2.45) is 5.92 Å². The molecular formula is C15H19NO2. The zero-order valence-corrected chi connectivity index (χ0v) is 11.0. The lowest BCUT2D eigenvalue weighted by molar-refractivity contribution is 0.0985. The fourth-order valence-corrected chi connectivity index (χ4v) is 3.22. The van der Waals surface area contributed by atoms with Gasteiger partial charge in [-0.1, -0.05) is 13.0 Å². The molecule has 3 heteroatoms. The molecule has 1 saturated heterocycles. The molecule has 2 aliphatic rings. The molecule has 1 aromatic rings. The molecule has 18 heavy (non-hydrogen) atoms. The van der Waals surface area contributed by atoms with Gasteiger partial charge in [0.25, 0.3) is 0 Å². The first-order valence-electron chi connectivity index (χ1n) is 6.63. The van der Waals surface area contributed by atoms with Gasteiger partial charge in [0.2, 0.25) is 0 Å². The van der Waals surface area contributed by atoms with E-state index < -0.39 is 0 Å². The number of fused-ring (bicyclic) bond motifs is 1. The fraction of sp³-hybridized carbons (Fsp3) is 0.533. The van der Waals surface area contributed by atoms with Crippen LogP contribution in [0.3, 0.4) is 0 Å². The second-order valence-corrected chi connectivity index (χ2v) is 5.38. The molecule has 1 N–H and O–H groups in total. The molecule has 0 spiro atoms. The van der Waals surface area contributed by atoms with E-state index in [-0.39, 0.29) is 5.78 Å². The number of Topliss-reactive ketones (excluding diaryl/α,β-unsaturated/α-hetero) is 1. The Bertz CT molecular complexity index is 497. The Morgan fingerprint density at radius 3 is 2.94 bits per heavy atom. The van der Waals surface area contributed by atoms with E-state index >= 15 is 0 Å². The maximum absolute atomic E-state index is 12.0. The molecule has 0 unspecified atom stereocenters. The minimum Gasteiger partial charge on any atom is -0.496 e. The zero-order valence-electron chi connectivity index (χ0n) is 11.0. The van der Waals surface area contributed by atoms with Gasteiger partial charge in [-0.15, -0.1) is 0 Å². The van der Waals surface area contributed by atoms with Gasteiger partial charge < -0.3 is 10.1 Å². The number of ketones is 1. The Labute approximate surface area is 108 Å².